The molecule has 1 N–H and O–H groups in total. The normalized spacial score (nSPS) is 16.7. The van der Waals surface area contributed by atoms with Crippen LogP contribution in [0.5, 0.6) is 0 Å². The van der Waals surface area contributed by atoms with Gasteiger partial charge in [0.15, 0.2) is 0 Å². The standard InChI is InChI=1S/C12H22N2O3/c1-4-14(8-11(15)17-5-2)9(3)12(16)13-10-6-7-10/h9-10H,4-8H2,1-3H3,(H,13,16). The molecule has 1 fully saturated rings. The summed E-state index contributed by atoms with van der Waals surface area (Å²) in [7, 11) is 0. The summed E-state index contributed by atoms with van der Waals surface area (Å²) in [4.78, 5) is 25.0. The Morgan fingerprint density at radius 2 is 2.06 bits per heavy atom. The third-order valence-corrected chi connectivity index (χ3v) is 2.89. The van der Waals surface area contributed by atoms with Crippen LogP contribution in [0.2, 0.25) is 0 Å². The van der Waals surface area contributed by atoms with E-state index in [9.17, 15) is 9.59 Å². The molecular weight excluding hydrogens is 220 g/mol. The lowest BCUT2D eigenvalue weighted by Gasteiger charge is -2.25. The summed E-state index contributed by atoms with van der Waals surface area (Å²) in [5.74, 6) is -0.279. The number of nitrogens with one attached hydrogen (secondary N) is 1. The Bertz CT molecular complexity index is 277. The molecule has 1 aliphatic carbocycles. The Hall–Kier alpha value is -1.10. The van der Waals surface area contributed by atoms with Crippen LogP contribution in [0.3, 0.4) is 0 Å². The summed E-state index contributed by atoms with van der Waals surface area (Å²) in [5.41, 5.74) is 0. The van der Waals surface area contributed by atoms with Gasteiger partial charge in [-0.15, -0.1) is 0 Å². The maximum absolute atomic E-state index is 11.8. The second-order valence-corrected chi connectivity index (χ2v) is 4.33. The summed E-state index contributed by atoms with van der Waals surface area (Å²) < 4.78 is 4.89. The molecule has 0 spiro atoms. The van der Waals surface area contributed by atoms with E-state index in [-0.39, 0.29) is 24.5 Å². The van der Waals surface area contributed by atoms with Gasteiger partial charge in [-0.25, -0.2) is 0 Å². The van der Waals surface area contributed by atoms with Gasteiger partial charge in [0.05, 0.1) is 19.2 Å². The van der Waals surface area contributed by atoms with Gasteiger partial charge in [0.25, 0.3) is 0 Å². The molecule has 0 saturated heterocycles. The summed E-state index contributed by atoms with van der Waals surface area (Å²) in [6, 6.07) is 0.0660. The SMILES string of the molecule is CCOC(=O)CN(CC)C(C)C(=O)NC1CC1. The molecule has 0 aromatic heterocycles. The highest BCUT2D eigenvalue weighted by molar-refractivity contribution is 5.82. The molecular formula is C12H22N2O3. The molecule has 0 heterocycles. The molecule has 0 aromatic carbocycles. The van der Waals surface area contributed by atoms with E-state index in [0.29, 0.717) is 19.2 Å². The van der Waals surface area contributed by atoms with Crippen molar-refractivity contribution in [1.29, 1.82) is 0 Å². The van der Waals surface area contributed by atoms with Crippen molar-refractivity contribution in [2.45, 2.75) is 45.7 Å². The second-order valence-electron chi connectivity index (χ2n) is 4.33. The Morgan fingerprint density at radius 1 is 1.41 bits per heavy atom. The van der Waals surface area contributed by atoms with Crippen LogP contribution in [0.25, 0.3) is 0 Å². The lowest BCUT2D eigenvalue weighted by molar-refractivity contribution is -0.145. The van der Waals surface area contributed by atoms with E-state index in [1.54, 1.807) is 6.92 Å². The van der Waals surface area contributed by atoms with E-state index in [4.69, 9.17) is 4.74 Å². The minimum atomic E-state index is -0.287. The molecule has 1 saturated carbocycles. The lowest BCUT2D eigenvalue weighted by atomic mass is 10.2. The number of nitrogens with zero attached hydrogens (tertiary/aromatic N) is 1. The molecule has 17 heavy (non-hydrogen) atoms. The van der Waals surface area contributed by atoms with Crippen molar-refractivity contribution in [3.8, 4) is 0 Å². The van der Waals surface area contributed by atoms with Gasteiger partial charge in [-0.1, -0.05) is 6.92 Å². The van der Waals surface area contributed by atoms with Crippen LogP contribution in [-0.2, 0) is 14.3 Å². The maximum Gasteiger partial charge on any atom is 0.320 e. The molecule has 5 nitrogen and oxygen atoms in total. The summed E-state index contributed by atoms with van der Waals surface area (Å²) >= 11 is 0. The molecule has 1 amide bonds. The predicted molar refractivity (Wildman–Crippen MR) is 64.5 cm³/mol. The van der Waals surface area contributed by atoms with Crippen molar-refractivity contribution in [3.05, 3.63) is 0 Å². The average molecular weight is 242 g/mol. The molecule has 1 atom stereocenters. The third-order valence-electron chi connectivity index (χ3n) is 2.89. The zero-order chi connectivity index (χ0) is 12.8. The first-order valence-electron chi connectivity index (χ1n) is 6.28. The Balaban J connectivity index is 2.40. The van der Waals surface area contributed by atoms with Gasteiger partial charge in [0.2, 0.25) is 5.91 Å². The number of amides is 1. The van der Waals surface area contributed by atoms with Crippen molar-refractivity contribution in [3.63, 3.8) is 0 Å². The highest BCUT2D eigenvalue weighted by Crippen LogP contribution is 2.19. The quantitative estimate of drug-likeness (QED) is 0.662. The van der Waals surface area contributed by atoms with E-state index < -0.39 is 0 Å². The monoisotopic (exact) mass is 242 g/mol. The fourth-order valence-corrected chi connectivity index (χ4v) is 1.61. The summed E-state index contributed by atoms with van der Waals surface area (Å²) in [5, 5.41) is 2.94. The van der Waals surface area contributed by atoms with Gasteiger partial charge in [0, 0.05) is 6.04 Å². The number of likely N-dealkylation sites (N-methyl/N-ethyl adjacent to an activating group) is 1. The first-order valence-corrected chi connectivity index (χ1v) is 6.28. The highest BCUT2D eigenvalue weighted by Gasteiger charge is 2.28. The molecule has 1 rings (SSSR count). The van der Waals surface area contributed by atoms with E-state index in [2.05, 4.69) is 5.32 Å². The minimum Gasteiger partial charge on any atom is -0.465 e. The van der Waals surface area contributed by atoms with Crippen LogP contribution in [0.15, 0.2) is 0 Å². The van der Waals surface area contributed by atoms with E-state index in [0.717, 1.165) is 12.8 Å². The molecule has 5 heteroatoms. The molecule has 1 unspecified atom stereocenters. The van der Waals surface area contributed by atoms with Crippen molar-refractivity contribution < 1.29 is 14.3 Å². The number of hydrogen-bond donors (Lipinski definition) is 1. The number of carbonyl (C=O) groups is 2. The summed E-state index contributed by atoms with van der Waals surface area (Å²) in [6.45, 7) is 6.72. The number of hydrogen-bond acceptors (Lipinski definition) is 4. The Morgan fingerprint density at radius 3 is 2.53 bits per heavy atom. The van der Waals surface area contributed by atoms with Crippen LogP contribution in [-0.4, -0.2) is 48.6 Å². The van der Waals surface area contributed by atoms with Gasteiger partial charge in [-0.2, -0.15) is 0 Å². The van der Waals surface area contributed by atoms with Gasteiger partial charge >= 0.3 is 5.97 Å². The van der Waals surface area contributed by atoms with Gasteiger partial charge < -0.3 is 10.1 Å². The van der Waals surface area contributed by atoms with E-state index in [1.807, 2.05) is 18.7 Å². The zero-order valence-electron chi connectivity index (χ0n) is 10.9. The van der Waals surface area contributed by atoms with Crippen LogP contribution in [0.1, 0.15) is 33.6 Å². The predicted octanol–water partition coefficient (Wildman–Crippen LogP) is 0.539. The molecule has 98 valence electrons. The van der Waals surface area contributed by atoms with Crippen LogP contribution in [0.4, 0.5) is 0 Å². The van der Waals surface area contributed by atoms with Crippen molar-refractivity contribution in [2.24, 2.45) is 0 Å². The number of carbonyl (C=O) groups excluding carboxylic acids is 2. The molecule has 1 aliphatic rings. The van der Waals surface area contributed by atoms with Crippen molar-refractivity contribution in [2.75, 3.05) is 19.7 Å². The van der Waals surface area contributed by atoms with Gasteiger partial charge in [-0.3, -0.25) is 14.5 Å². The Kier molecular flexibility index (Phi) is 5.41. The lowest BCUT2D eigenvalue weighted by Crippen LogP contribution is -2.47. The largest absolute Gasteiger partial charge is 0.465 e. The maximum atomic E-state index is 11.8. The zero-order valence-corrected chi connectivity index (χ0v) is 10.9. The van der Waals surface area contributed by atoms with E-state index in [1.165, 1.54) is 0 Å². The number of ether oxygens (including phenoxy) is 1. The number of rotatable bonds is 7. The van der Waals surface area contributed by atoms with Crippen molar-refractivity contribution >= 4 is 11.9 Å². The second kappa shape index (κ2) is 6.59. The first-order chi connectivity index (χ1) is 8.08. The topological polar surface area (TPSA) is 58.6 Å². The molecule has 0 bridgehead atoms. The highest BCUT2D eigenvalue weighted by atomic mass is 16.5. The fourth-order valence-electron chi connectivity index (χ4n) is 1.61. The Labute approximate surface area is 102 Å². The molecule has 0 aromatic rings. The van der Waals surface area contributed by atoms with Gasteiger partial charge in [0.1, 0.15) is 0 Å². The van der Waals surface area contributed by atoms with Crippen LogP contribution in [0, 0.1) is 0 Å². The molecule has 0 aliphatic heterocycles. The third kappa shape index (κ3) is 4.73. The average Bonchev–Trinajstić information content (AvgIpc) is 3.09. The van der Waals surface area contributed by atoms with E-state index >= 15 is 0 Å². The fraction of sp³-hybridized carbons (Fsp3) is 0.833. The summed E-state index contributed by atoms with van der Waals surface area (Å²) in [6.07, 6.45) is 2.14. The van der Waals surface area contributed by atoms with Crippen molar-refractivity contribution in [1.82, 2.24) is 10.2 Å². The smallest absolute Gasteiger partial charge is 0.320 e. The molecule has 0 radical (unpaired) electrons. The van der Waals surface area contributed by atoms with Crippen LogP contribution < -0.4 is 5.32 Å². The minimum absolute atomic E-state index is 0.00125. The first kappa shape index (κ1) is 14.0. The number of esters is 1. The van der Waals surface area contributed by atoms with Crippen LogP contribution >= 0.6 is 0 Å². The van der Waals surface area contributed by atoms with Gasteiger partial charge in [-0.05, 0) is 33.2 Å².